The molecule has 2 atom stereocenters. The molecule has 1 fully saturated rings. The molecule has 0 amide bonds. The second kappa shape index (κ2) is 7.81. The first kappa shape index (κ1) is 19.5. The molecule has 0 heterocycles. The average molecular weight is 312 g/mol. The van der Waals surface area contributed by atoms with E-state index in [4.69, 9.17) is 9.47 Å². The number of hydrogen-bond acceptors (Lipinski definition) is 3. The molecule has 0 saturated heterocycles. The number of esters is 1. The third-order valence-electron chi connectivity index (χ3n) is 5.13. The van der Waals surface area contributed by atoms with Crippen molar-refractivity contribution in [2.75, 3.05) is 0 Å². The van der Waals surface area contributed by atoms with Crippen molar-refractivity contribution in [1.82, 2.24) is 0 Å². The molecular formula is C19H36O3. The van der Waals surface area contributed by atoms with Crippen LogP contribution in [0.2, 0.25) is 0 Å². The highest BCUT2D eigenvalue weighted by molar-refractivity contribution is 5.77. The zero-order valence-corrected chi connectivity index (χ0v) is 15.7. The lowest BCUT2D eigenvalue weighted by atomic mass is 9.64. The molecule has 1 aliphatic rings. The molecule has 22 heavy (non-hydrogen) atoms. The van der Waals surface area contributed by atoms with E-state index < -0.39 is 11.7 Å². The Kier molecular flexibility index (Phi) is 6.91. The van der Waals surface area contributed by atoms with Gasteiger partial charge in [0.1, 0.15) is 0 Å². The van der Waals surface area contributed by atoms with Crippen LogP contribution < -0.4 is 0 Å². The fourth-order valence-corrected chi connectivity index (χ4v) is 3.29. The third kappa shape index (κ3) is 5.26. The summed E-state index contributed by atoms with van der Waals surface area (Å²) < 4.78 is 11.6. The zero-order chi connectivity index (χ0) is 17.0. The predicted molar refractivity (Wildman–Crippen MR) is 90.5 cm³/mol. The summed E-state index contributed by atoms with van der Waals surface area (Å²) in [5, 5.41) is 0. The van der Waals surface area contributed by atoms with E-state index in [0.29, 0.717) is 5.92 Å². The van der Waals surface area contributed by atoms with E-state index in [9.17, 15) is 4.79 Å². The van der Waals surface area contributed by atoms with Gasteiger partial charge in [0.15, 0.2) is 6.29 Å². The van der Waals surface area contributed by atoms with Gasteiger partial charge in [0, 0.05) is 0 Å². The molecule has 0 aromatic rings. The Hall–Kier alpha value is -0.570. The summed E-state index contributed by atoms with van der Waals surface area (Å²) in [4.78, 5) is 12.8. The first-order valence-electron chi connectivity index (χ1n) is 8.93. The summed E-state index contributed by atoms with van der Waals surface area (Å²) in [6.45, 7) is 14.5. The van der Waals surface area contributed by atoms with Crippen LogP contribution in [0.3, 0.4) is 0 Å². The average Bonchev–Trinajstić information content (AvgIpc) is 2.37. The van der Waals surface area contributed by atoms with Gasteiger partial charge in [-0.2, -0.15) is 0 Å². The van der Waals surface area contributed by atoms with Crippen molar-refractivity contribution in [3.05, 3.63) is 0 Å². The number of rotatable bonds is 6. The fraction of sp³-hybridized carbons (Fsp3) is 0.947. The van der Waals surface area contributed by atoms with Gasteiger partial charge in [-0.3, -0.25) is 4.79 Å². The Morgan fingerprint density at radius 3 is 2.05 bits per heavy atom. The van der Waals surface area contributed by atoms with E-state index in [2.05, 4.69) is 34.6 Å². The van der Waals surface area contributed by atoms with Crippen molar-refractivity contribution >= 4 is 5.97 Å². The van der Waals surface area contributed by atoms with Gasteiger partial charge in [-0.05, 0) is 44.4 Å². The van der Waals surface area contributed by atoms with Crippen molar-refractivity contribution in [3.8, 4) is 0 Å². The number of ether oxygens (including phenoxy) is 2. The summed E-state index contributed by atoms with van der Waals surface area (Å²) in [7, 11) is 0. The first-order valence-corrected chi connectivity index (χ1v) is 8.93. The van der Waals surface area contributed by atoms with Gasteiger partial charge in [-0.25, -0.2) is 0 Å². The first-order chi connectivity index (χ1) is 10.1. The van der Waals surface area contributed by atoms with E-state index in [1.807, 2.05) is 13.8 Å². The Morgan fingerprint density at radius 1 is 1.05 bits per heavy atom. The van der Waals surface area contributed by atoms with Crippen LogP contribution in [0.5, 0.6) is 0 Å². The molecule has 2 unspecified atom stereocenters. The highest BCUT2D eigenvalue weighted by Gasteiger charge is 2.46. The Morgan fingerprint density at radius 2 is 1.59 bits per heavy atom. The summed E-state index contributed by atoms with van der Waals surface area (Å²) in [6.07, 6.45) is 6.54. The van der Waals surface area contributed by atoms with Crippen LogP contribution in [0.25, 0.3) is 0 Å². The molecule has 1 saturated carbocycles. The topological polar surface area (TPSA) is 35.5 Å². The van der Waals surface area contributed by atoms with E-state index in [0.717, 1.165) is 19.3 Å². The van der Waals surface area contributed by atoms with Gasteiger partial charge in [0.05, 0.1) is 11.5 Å². The van der Waals surface area contributed by atoms with Gasteiger partial charge < -0.3 is 9.47 Å². The van der Waals surface area contributed by atoms with Crippen LogP contribution in [-0.4, -0.2) is 18.4 Å². The quantitative estimate of drug-likeness (QED) is 0.491. The lowest BCUT2D eigenvalue weighted by Crippen LogP contribution is -2.44. The van der Waals surface area contributed by atoms with Crippen molar-refractivity contribution in [1.29, 1.82) is 0 Å². The Labute approximate surface area is 137 Å². The molecule has 0 spiro atoms. The maximum atomic E-state index is 12.8. The summed E-state index contributed by atoms with van der Waals surface area (Å²) in [5.74, 6) is 0.323. The number of carbonyl (C=O) groups excluding carboxylic acids is 1. The molecule has 0 aromatic carbocycles. The standard InChI is InChI=1S/C19H36O3/c1-14(2)13-19(7,18(4,5)6)17(20)22-15(3)21-16-11-9-8-10-12-16/h14-16H,8-13H2,1-7H3. The zero-order valence-electron chi connectivity index (χ0n) is 15.7. The third-order valence-corrected chi connectivity index (χ3v) is 5.13. The van der Waals surface area contributed by atoms with Gasteiger partial charge in [-0.1, -0.05) is 53.9 Å². The predicted octanol–water partition coefficient (Wildman–Crippen LogP) is 5.32. The SMILES string of the molecule is CC(C)CC(C)(C(=O)OC(C)OC1CCCCC1)C(C)(C)C. The second-order valence-electron chi connectivity index (χ2n) is 8.55. The molecule has 3 heteroatoms. The van der Waals surface area contributed by atoms with Crippen LogP contribution >= 0.6 is 0 Å². The molecule has 0 N–H and O–H groups in total. The summed E-state index contributed by atoms with van der Waals surface area (Å²) in [5.41, 5.74) is -0.635. The number of carbonyl (C=O) groups is 1. The second-order valence-corrected chi connectivity index (χ2v) is 8.55. The maximum absolute atomic E-state index is 12.8. The molecule has 1 rings (SSSR count). The van der Waals surface area contributed by atoms with Crippen molar-refractivity contribution in [3.63, 3.8) is 0 Å². The lowest BCUT2D eigenvalue weighted by molar-refractivity contribution is -0.203. The molecule has 1 aliphatic carbocycles. The van der Waals surface area contributed by atoms with Crippen LogP contribution in [0, 0.1) is 16.7 Å². The van der Waals surface area contributed by atoms with Gasteiger partial charge in [0.2, 0.25) is 0 Å². The molecule has 130 valence electrons. The van der Waals surface area contributed by atoms with E-state index >= 15 is 0 Å². The summed E-state index contributed by atoms with van der Waals surface area (Å²) in [6, 6.07) is 0. The lowest BCUT2D eigenvalue weighted by Gasteiger charge is -2.41. The minimum Gasteiger partial charge on any atom is -0.436 e. The van der Waals surface area contributed by atoms with E-state index in [-0.39, 0.29) is 17.5 Å². The largest absolute Gasteiger partial charge is 0.436 e. The van der Waals surface area contributed by atoms with Crippen molar-refractivity contribution in [2.45, 2.75) is 99.4 Å². The molecule has 3 nitrogen and oxygen atoms in total. The van der Waals surface area contributed by atoms with Crippen LogP contribution in [0.1, 0.15) is 87.0 Å². The molecule has 0 radical (unpaired) electrons. The van der Waals surface area contributed by atoms with Crippen molar-refractivity contribution in [2.24, 2.45) is 16.7 Å². The van der Waals surface area contributed by atoms with E-state index in [1.54, 1.807) is 0 Å². The van der Waals surface area contributed by atoms with Crippen LogP contribution in [-0.2, 0) is 14.3 Å². The minimum atomic E-state index is -0.495. The van der Waals surface area contributed by atoms with Crippen LogP contribution in [0.4, 0.5) is 0 Å². The fourth-order valence-electron chi connectivity index (χ4n) is 3.29. The summed E-state index contributed by atoms with van der Waals surface area (Å²) >= 11 is 0. The Bertz CT molecular complexity index is 350. The van der Waals surface area contributed by atoms with Gasteiger partial charge >= 0.3 is 5.97 Å². The maximum Gasteiger partial charge on any atom is 0.314 e. The normalized spacial score (nSPS) is 21.5. The molecule has 0 bridgehead atoms. The molecular weight excluding hydrogens is 276 g/mol. The smallest absolute Gasteiger partial charge is 0.314 e. The van der Waals surface area contributed by atoms with Crippen molar-refractivity contribution < 1.29 is 14.3 Å². The van der Waals surface area contributed by atoms with E-state index in [1.165, 1.54) is 19.3 Å². The van der Waals surface area contributed by atoms with Gasteiger partial charge in [0.25, 0.3) is 0 Å². The minimum absolute atomic E-state index is 0.128. The highest BCUT2D eigenvalue weighted by Crippen LogP contribution is 2.44. The highest BCUT2D eigenvalue weighted by atomic mass is 16.7. The Balaban J connectivity index is 2.65. The number of hydrogen-bond donors (Lipinski definition) is 0. The molecule has 0 aliphatic heterocycles. The molecule has 0 aromatic heterocycles. The monoisotopic (exact) mass is 312 g/mol. The van der Waals surface area contributed by atoms with Gasteiger partial charge in [-0.15, -0.1) is 0 Å². The van der Waals surface area contributed by atoms with Crippen LogP contribution in [0.15, 0.2) is 0 Å².